The van der Waals surface area contributed by atoms with Gasteiger partial charge in [0.2, 0.25) is 0 Å². The zero-order valence-corrected chi connectivity index (χ0v) is 24.1. The van der Waals surface area contributed by atoms with Crippen molar-refractivity contribution in [1.82, 2.24) is 29.3 Å². The minimum Gasteiger partial charge on any atom is -0.494 e. The van der Waals surface area contributed by atoms with Crippen molar-refractivity contribution in [2.75, 3.05) is 20.2 Å². The number of fused-ring (bicyclic) bond motifs is 2. The van der Waals surface area contributed by atoms with E-state index in [9.17, 15) is 22.8 Å². The number of halogens is 3. The Bertz CT molecular complexity index is 1650. The van der Waals surface area contributed by atoms with E-state index in [1.54, 1.807) is 67.6 Å². The minimum atomic E-state index is -4.48. The maximum Gasteiger partial charge on any atom is 0.407 e. The first kappa shape index (κ1) is 29.2. The highest BCUT2D eigenvalue weighted by molar-refractivity contribution is 6.00. The maximum atomic E-state index is 13.6. The number of aryl methyl sites for hydroxylation is 1. The summed E-state index contributed by atoms with van der Waals surface area (Å²) in [6.07, 6.45) is -2.18. The number of ether oxygens (including phenoxy) is 2. The Hall–Kier alpha value is -4.29. The molecule has 0 bridgehead atoms. The molecule has 1 aliphatic heterocycles. The molecule has 1 atom stereocenters. The molecule has 1 aliphatic rings. The van der Waals surface area contributed by atoms with Crippen LogP contribution in [0.1, 0.15) is 44.0 Å². The Balaban J connectivity index is 1.49. The van der Waals surface area contributed by atoms with Crippen LogP contribution in [0.5, 0.6) is 5.75 Å². The van der Waals surface area contributed by atoms with Crippen molar-refractivity contribution in [3.63, 3.8) is 0 Å². The van der Waals surface area contributed by atoms with Crippen LogP contribution < -0.4 is 10.1 Å². The van der Waals surface area contributed by atoms with Gasteiger partial charge in [-0.1, -0.05) is 0 Å². The molecule has 1 aromatic carbocycles. The lowest BCUT2D eigenvalue weighted by atomic mass is 10.0. The highest BCUT2D eigenvalue weighted by atomic mass is 19.4. The van der Waals surface area contributed by atoms with Crippen molar-refractivity contribution < 1.29 is 32.2 Å². The van der Waals surface area contributed by atoms with Crippen molar-refractivity contribution in [2.24, 2.45) is 7.05 Å². The average molecular weight is 587 g/mol. The highest BCUT2D eigenvalue weighted by Gasteiger charge is 2.32. The number of carbonyl (C=O) groups excluding carboxylic acids is 2. The molecule has 4 heterocycles. The first-order valence-electron chi connectivity index (χ1n) is 13.6. The summed E-state index contributed by atoms with van der Waals surface area (Å²) in [5.41, 5.74) is 1.04. The molecule has 2 amide bonds. The Kier molecular flexibility index (Phi) is 7.54. The molecule has 0 aliphatic carbocycles. The van der Waals surface area contributed by atoms with E-state index >= 15 is 0 Å². The first-order valence-corrected chi connectivity index (χ1v) is 13.6. The van der Waals surface area contributed by atoms with Gasteiger partial charge in [-0.05, 0) is 63.9 Å². The smallest absolute Gasteiger partial charge is 0.407 e. The fourth-order valence-corrected chi connectivity index (χ4v) is 5.37. The van der Waals surface area contributed by atoms with Crippen molar-refractivity contribution in [2.45, 2.75) is 58.0 Å². The molecule has 1 saturated heterocycles. The summed E-state index contributed by atoms with van der Waals surface area (Å²) >= 11 is 0. The van der Waals surface area contributed by atoms with Crippen LogP contribution in [0.4, 0.5) is 18.0 Å². The summed E-state index contributed by atoms with van der Waals surface area (Å²) < 4.78 is 54.5. The molecule has 0 saturated carbocycles. The number of methoxy groups -OCH3 is 1. The van der Waals surface area contributed by atoms with Crippen molar-refractivity contribution in [1.29, 1.82) is 0 Å². The van der Waals surface area contributed by atoms with Gasteiger partial charge < -0.3 is 28.8 Å². The molecule has 3 aromatic heterocycles. The number of likely N-dealkylation sites (tertiary alicyclic amines) is 1. The number of alkyl carbamates (subject to hydrolysis) is 1. The zero-order chi connectivity index (χ0) is 30.4. The number of rotatable bonds is 5. The molecule has 1 N–H and O–H groups in total. The van der Waals surface area contributed by atoms with E-state index in [2.05, 4.69) is 15.3 Å². The van der Waals surface area contributed by atoms with Crippen LogP contribution in [0.15, 0.2) is 36.5 Å². The molecule has 224 valence electrons. The Morgan fingerprint density at radius 2 is 1.93 bits per heavy atom. The van der Waals surface area contributed by atoms with Crippen LogP contribution in [-0.2, 0) is 18.3 Å². The van der Waals surface area contributed by atoms with Gasteiger partial charge in [-0.15, -0.1) is 0 Å². The third kappa shape index (κ3) is 6.00. The van der Waals surface area contributed by atoms with Crippen molar-refractivity contribution in [3.8, 4) is 17.3 Å². The number of benzene rings is 1. The summed E-state index contributed by atoms with van der Waals surface area (Å²) in [6, 6.07) is 7.93. The fraction of sp³-hybridized carbons (Fsp3) is 0.448. The van der Waals surface area contributed by atoms with Gasteiger partial charge in [-0.3, -0.25) is 4.79 Å². The number of piperidine rings is 1. The molecule has 0 radical (unpaired) electrons. The molecule has 13 heteroatoms. The topological polar surface area (TPSA) is 104 Å². The Morgan fingerprint density at radius 1 is 1.17 bits per heavy atom. The predicted molar refractivity (Wildman–Crippen MR) is 150 cm³/mol. The van der Waals surface area contributed by atoms with Crippen LogP contribution in [-0.4, -0.2) is 74.0 Å². The Labute approximate surface area is 240 Å². The van der Waals surface area contributed by atoms with E-state index in [-0.39, 0.29) is 29.1 Å². The van der Waals surface area contributed by atoms with Crippen LogP contribution in [0.25, 0.3) is 33.6 Å². The third-order valence-electron chi connectivity index (χ3n) is 7.05. The van der Waals surface area contributed by atoms with E-state index < -0.39 is 24.4 Å². The Morgan fingerprint density at radius 3 is 2.62 bits per heavy atom. The molecule has 4 aromatic rings. The SMILES string of the molecule is COc1cc(C(=O)N2CCC[C@@H](NC(=O)OC(C)(C)C)C2)cc2nc(-c3cc4cccnc4n3CC(F)(F)F)n(C)c12. The van der Waals surface area contributed by atoms with Crippen molar-refractivity contribution in [3.05, 3.63) is 42.1 Å². The van der Waals surface area contributed by atoms with Gasteiger partial charge in [0.1, 0.15) is 29.1 Å². The van der Waals surface area contributed by atoms with Crippen molar-refractivity contribution >= 4 is 34.1 Å². The molecule has 0 spiro atoms. The summed E-state index contributed by atoms with van der Waals surface area (Å²) in [5.74, 6) is 0.359. The number of imidazole rings is 1. The van der Waals surface area contributed by atoms with Gasteiger partial charge in [0.25, 0.3) is 5.91 Å². The molecule has 10 nitrogen and oxygen atoms in total. The normalized spacial score (nSPS) is 16.2. The first-order chi connectivity index (χ1) is 19.7. The summed E-state index contributed by atoms with van der Waals surface area (Å²) in [4.78, 5) is 36.4. The van der Waals surface area contributed by atoms with Crippen LogP contribution >= 0.6 is 0 Å². The predicted octanol–water partition coefficient (Wildman–Crippen LogP) is 5.29. The molecular formula is C29H33F3N6O4. The number of hydrogen-bond donors (Lipinski definition) is 1. The standard InChI is InChI=1S/C29H33F3N6O4/c1-28(2,3)42-27(40)34-19-9-7-11-37(15-19)26(39)18-12-20-23(22(14-18)41-5)36(4)25(35-20)21-13-17-8-6-10-33-24(17)38(21)16-29(30,31)32/h6,8,10,12-14,19H,7,9,11,15-16H2,1-5H3,(H,34,40)/t19-/m1/s1. The number of pyridine rings is 1. The number of alkyl halides is 3. The molecule has 1 fully saturated rings. The van der Waals surface area contributed by atoms with Gasteiger partial charge in [0.05, 0.1) is 18.3 Å². The monoisotopic (exact) mass is 586 g/mol. The molecule has 0 unspecified atom stereocenters. The lowest BCUT2D eigenvalue weighted by molar-refractivity contribution is -0.139. The van der Waals surface area contributed by atoms with Crippen LogP contribution in [0.2, 0.25) is 0 Å². The van der Waals surface area contributed by atoms with E-state index in [4.69, 9.17) is 9.47 Å². The van der Waals surface area contributed by atoms with Crippen LogP contribution in [0.3, 0.4) is 0 Å². The van der Waals surface area contributed by atoms with E-state index in [1.807, 2.05) is 0 Å². The minimum absolute atomic E-state index is 0.194. The largest absolute Gasteiger partial charge is 0.494 e. The quantitative estimate of drug-likeness (QED) is 0.341. The van der Waals surface area contributed by atoms with Gasteiger partial charge in [-0.25, -0.2) is 14.8 Å². The number of aromatic nitrogens is 4. The number of nitrogens with zero attached hydrogens (tertiary/aromatic N) is 5. The lowest BCUT2D eigenvalue weighted by Gasteiger charge is -2.33. The number of carbonyl (C=O) groups is 2. The second-order valence-electron chi connectivity index (χ2n) is 11.4. The molecule has 42 heavy (non-hydrogen) atoms. The van der Waals surface area contributed by atoms with E-state index in [1.165, 1.54) is 13.3 Å². The average Bonchev–Trinajstić information content (AvgIpc) is 3.42. The summed E-state index contributed by atoms with van der Waals surface area (Å²) in [7, 11) is 3.15. The van der Waals surface area contributed by atoms with Crippen LogP contribution in [0, 0.1) is 0 Å². The van der Waals surface area contributed by atoms with Gasteiger partial charge in [-0.2, -0.15) is 13.2 Å². The zero-order valence-electron chi connectivity index (χ0n) is 24.1. The number of nitrogens with one attached hydrogen (secondary N) is 1. The van der Waals surface area contributed by atoms with Gasteiger partial charge in [0, 0.05) is 43.3 Å². The highest BCUT2D eigenvalue weighted by Crippen LogP contribution is 2.35. The molecule has 5 rings (SSSR count). The second-order valence-corrected chi connectivity index (χ2v) is 11.4. The third-order valence-corrected chi connectivity index (χ3v) is 7.05. The van der Waals surface area contributed by atoms with Gasteiger partial charge >= 0.3 is 12.3 Å². The lowest BCUT2D eigenvalue weighted by Crippen LogP contribution is -2.50. The maximum absolute atomic E-state index is 13.6. The summed E-state index contributed by atoms with van der Waals surface area (Å²) in [6.45, 7) is 4.91. The van der Waals surface area contributed by atoms with Gasteiger partial charge in [0.15, 0.2) is 5.82 Å². The second kappa shape index (κ2) is 10.8. The fourth-order valence-electron chi connectivity index (χ4n) is 5.37. The number of amides is 2. The van der Waals surface area contributed by atoms with E-state index in [0.29, 0.717) is 53.7 Å². The number of hydrogen-bond acceptors (Lipinski definition) is 6. The summed E-state index contributed by atoms with van der Waals surface area (Å²) in [5, 5.41) is 3.39. The van der Waals surface area contributed by atoms with E-state index in [0.717, 1.165) is 4.57 Å². The molecular weight excluding hydrogens is 553 g/mol.